The van der Waals surface area contributed by atoms with Crippen LogP contribution in [0.3, 0.4) is 0 Å². The van der Waals surface area contributed by atoms with Crippen LogP contribution in [0.5, 0.6) is 0 Å². The molecule has 0 unspecified atom stereocenters. The molecule has 7 nitrogen and oxygen atoms in total. The number of nitrogen functional groups attached to an aromatic ring is 1. The van der Waals surface area contributed by atoms with Crippen molar-refractivity contribution in [3.8, 4) is 6.07 Å². The maximum absolute atomic E-state index is 9.68. The smallest absolute Gasteiger partial charge is 0.232 e. The number of piperidine rings is 1. The van der Waals surface area contributed by atoms with E-state index in [1.165, 1.54) is 24.9 Å². The number of hydrogen-bond acceptors (Lipinski definition) is 7. The number of rotatable bonds is 5. The number of allylic oxidation sites excluding steroid dienone is 1. The summed E-state index contributed by atoms with van der Waals surface area (Å²) in [7, 11) is 0. The van der Waals surface area contributed by atoms with E-state index in [1.54, 1.807) is 6.08 Å². The van der Waals surface area contributed by atoms with Crippen LogP contribution in [0, 0.1) is 11.3 Å². The average Bonchev–Trinajstić information content (AvgIpc) is 2.79. The molecule has 2 aromatic carbocycles. The van der Waals surface area contributed by atoms with Gasteiger partial charge in [-0.05, 0) is 55.2 Å². The van der Waals surface area contributed by atoms with Gasteiger partial charge in [0.25, 0.3) is 0 Å². The highest BCUT2D eigenvalue weighted by Crippen LogP contribution is 2.23. The molecular formula is C23H23N7. The zero-order chi connectivity index (χ0) is 20.8. The first kappa shape index (κ1) is 19.4. The first-order valence-electron chi connectivity index (χ1n) is 10.0. The largest absolute Gasteiger partial charge is 0.372 e. The van der Waals surface area contributed by atoms with Gasteiger partial charge in [0.2, 0.25) is 11.9 Å². The Morgan fingerprint density at radius 3 is 2.40 bits per heavy atom. The lowest BCUT2D eigenvalue weighted by Crippen LogP contribution is -2.29. The fourth-order valence-electron chi connectivity index (χ4n) is 3.47. The van der Waals surface area contributed by atoms with Gasteiger partial charge in [-0.25, -0.2) is 0 Å². The van der Waals surface area contributed by atoms with E-state index in [4.69, 9.17) is 5.73 Å². The number of nitrogens with two attached hydrogens (primary N) is 1. The molecule has 3 aromatic rings. The van der Waals surface area contributed by atoms with Gasteiger partial charge in [-0.15, -0.1) is 0 Å². The lowest BCUT2D eigenvalue weighted by atomic mass is 10.1. The molecule has 1 aliphatic heterocycles. The van der Waals surface area contributed by atoms with E-state index in [9.17, 15) is 5.26 Å². The lowest BCUT2D eigenvalue weighted by molar-refractivity contribution is 0.578. The predicted molar refractivity (Wildman–Crippen MR) is 120 cm³/mol. The molecule has 2 heterocycles. The van der Waals surface area contributed by atoms with Crippen LogP contribution in [0.25, 0.3) is 11.6 Å². The number of nitrogens with one attached hydrogen (secondary N) is 1. The highest BCUT2D eigenvalue weighted by Gasteiger charge is 2.12. The van der Waals surface area contributed by atoms with Gasteiger partial charge in [0.05, 0.1) is 5.57 Å². The molecule has 0 radical (unpaired) electrons. The molecule has 0 aliphatic carbocycles. The molecule has 0 atom stereocenters. The molecule has 1 saturated heterocycles. The molecule has 1 fully saturated rings. The quantitative estimate of drug-likeness (QED) is 0.620. The Bertz CT molecular complexity index is 1060. The molecule has 1 aromatic heterocycles. The van der Waals surface area contributed by atoms with E-state index < -0.39 is 0 Å². The molecule has 7 heteroatoms. The van der Waals surface area contributed by atoms with E-state index in [1.807, 2.05) is 42.5 Å². The summed E-state index contributed by atoms with van der Waals surface area (Å²) in [4.78, 5) is 15.0. The monoisotopic (exact) mass is 397 g/mol. The molecule has 4 rings (SSSR count). The minimum atomic E-state index is 0.0556. The maximum atomic E-state index is 9.68. The van der Waals surface area contributed by atoms with Crippen molar-refractivity contribution < 1.29 is 0 Å². The van der Waals surface area contributed by atoms with Crippen molar-refractivity contribution in [2.24, 2.45) is 0 Å². The third-order valence-corrected chi connectivity index (χ3v) is 4.97. The summed E-state index contributed by atoms with van der Waals surface area (Å²) in [5, 5.41) is 12.8. The Labute approximate surface area is 175 Å². The van der Waals surface area contributed by atoms with Crippen molar-refractivity contribution in [2.75, 3.05) is 29.0 Å². The third-order valence-electron chi connectivity index (χ3n) is 4.97. The van der Waals surface area contributed by atoms with Gasteiger partial charge < -0.3 is 16.0 Å². The summed E-state index contributed by atoms with van der Waals surface area (Å²) in [5.74, 6) is 0.592. The second kappa shape index (κ2) is 9.05. The zero-order valence-electron chi connectivity index (χ0n) is 16.6. The second-order valence-electron chi connectivity index (χ2n) is 7.14. The summed E-state index contributed by atoms with van der Waals surface area (Å²) in [6, 6.07) is 19.9. The van der Waals surface area contributed by atoms with E-state index >= 15 is 0 Å². The molecule has 30 heavy (non-hydrogen) atoms. The van der Waals surface area contributed by atoms with E-state index in [0.29, 0.717) is 11.5 Å². The number of hydrogen-bond donors (Lipinski definition) is 2. The second-order valence-corrected chi connectivity index (χ2v) is 7.14. The van der Waals surface area contributed by atoms with Crippen LogP contribution < -0.4 is 16.0 Å². The van der Waals surface area contributed by atoms with Crippen molar-refractivity contribution in [3.05, 3.63) is 66.0 Å². The van der Waals surface area contributed by atoms with Crippen molar-refractivity contribution in [1.29, 1.82) is 5.26 Å². The molecular weight excluding hydrogens is 374 g/mol. The Balaban J connectivity index is 1.57. The summed E-state index contributed by atoms with van der Waals surface area (Å²) in [5.41, 5.74) is 9.12. The Morgan fingerprint density at radius 2 is 1.70 bits per heavy atom. The highest BCUT2D eigenvalue weighted by atomic mass is 15.2. The SMILES string of the molecule is N#C/C(=C\c1ccc(N2CCCCC2)cc1)c1nc(N)nc(Nc2ccccc2)n1. The van der Waals surface area contributed by atoms with Crippen molar-refractivity contribution >= 4 is 34.9 Å². The first-order chi connectivity index (χ1) is 14.7. The minimum absolute atomic E-state index is 0.0556. The Morgan fingerprint density at radius 1 is 0.967 bits per heavy atom. The summed E-state index contributed by atoms with van der Waals surface area (Å²) >= 11 is 0. The fraction of sp³-hybridized carbons (Fsp3) is 0.217. The number of nitrogens with zero attached hydrogens (tertiary/aromatic N) is 5. The van der Waals surface area contributed by atoms with E-state index in [0.717, 1.165) is 24.3 Å². The molecule has 0 saturated carbocycles. The van der Waals surface area contributed by atoms with Crippen LogP contribution >= 0.6 is 0 Å². The number of nitriles is 1. The minimum Gasteiger partial charge on any atom is -0.372 e. The number of aromatic nitrogens is 3. The van der Waals surface area contributed by atoms with Gasteiger partial charge in [0.1, 0.15) is 6.07 Å². The predicted octanol–water partition coefficient (Wildman–Crippen LogP) is 4.25. The highest BCUT2D eigenvalue weighted by molar-refractivity contribution is 5.87. The van der Waals surface area contributed by atoms with Crippen LogP contribution in [0.15, 0.2) is 54.6 Å². The lowest BCUT2D eigenvalue weighted by Gasteiger charge is -2.28. The zero-order valence-corrected chi connectivity index (χ0v) is 16.6. The molecule has 0 amide bonds. The molecule has 150 valence electrons. The topological polar surface area (TPSA) is 104 Å². The van der Waals surface area contributed by atoms with Gasteiger partial charge in [-0.1, -0.05) is 30.3 Å². The standard InChI is InChI=1S/C23H23N7/c24-16-18(15-17-9-11-20(12-10-17)30-13-5-2-6-14-30)21-27-22(25)29-23(28-21)26-19-7-3-1-4-8-19/h1,3-4,7-12,15H,2,5-6,13-14H2,(H3,25,26,27,28,29)/b18-15+. The van der Waals surface area contributed by atoms with Gasteiger partial charge in [-0.3, -0.25) is 0 Å². The third kappa shape index (κ3) is 4.73. The van der Waals surface area contributed by atoms with Crippen molar-refractivity contribution in [1.82, 2.24) is 15.0 Å². The van der Waals surface area contributed by atoms with Gasteiger partial charge in [0.15, 0.2) is 5.82 Å². The van der Waals surface area contributed by atoms with Crippen molar-refractivity contribution in [3.63, 3.8) is 0 Å². The summed E-state index contributed by atoms with van der Waals surface area (Å²) < 4.78 is 0. The van der Waals surface area contributed by atoms with Crippen molar-refractivity contribution in [2.45, 2.75) is 19.3 Å². The molecule has 0 spiro atoms. The maximum Gasteiger partial charge on any atom is 0.232 e. The fourth-order valence-corrected chi connectivity index (χ4v) is 3.47. The van der Waals surface area contributed by atoms with Gasteiger partial charge in [0, 0.05) is 24.5 Å². The summed E-state index contributed by atoms with van der Waals surface area (Å²) in [6.07, 6.45) is 5.54. The van der Waals surface area contributed by atoms with E-state index in [2.05, 4.69) is 43.4 Å². The summed E-state index contributed by atoms with van der Waals surface area (Å²) in [6.45, 7) is 2.19. The first-order valence-corrected chi connectivity index (χ1v) is 10.0. The van der Waals surface area contributed by atoms with Crippen LogP contribution in [0.2, 0.25) is 0 Å². The average molecular weight is 397 g/mol. The van der Waals surface area contributed by atoms with Crippen LogP contribution in [0.1, 0.15) is 30.7 Å². The molecule has 0 bridgehead atoms. The normalized spacial score (nSPS) is 14.2. The van der Waals surface area contributed by atoms with Crippen LogP contribution in [0.4, 0.5) is 23.3 Å². The molecule has 1 aliphatic rings. The number of benzene rings is 2. The van der Waals surface area contributed by atoms with Gasteiger partial charge >= 0.3 is 0 Å². The Kier molecular flexibility index (Phi) is 5.85. The Hall–Kier alpha value is -3.92. The number of anilines is 4. The van der Waals surface area contributed by atoms with Crippen LogP contribution in [-0.4, -0.2) is 28.0 Å². The number of para-hydroxylation sites is 1. The molecule has 3 N–H and O–H groups in total. The van der Waals surface area contributed by atoms with E-state index in [-0.39, 0.29) is 11.8 Å². The van der Waals surface area contributed by atoms with Crippen LogP contribution in [-0.2, 0) is 0 Å². The van der Waals surface area contributed by atoms with Gasteiger partial charge in [-0.2, -0.15) is 20.2 Å².